The van der Waals surface area contributed by atoms with Gasteiger partial charge in [0.25, 0.3) is 0 Å². The lowest BCUT2D eigenvalue weighted by molar-refractivity contribution is -0.137. The topological polar surface area (TPSA) is 35.6 Å². The number of carbonyl (C=O) groups excluding carboxylic acids is 1. The van der Waals surface area contributed by atoms with Crippen LogP contribution < -0.4 is 5.32 Å². The second kappa shape index (κ2) is 7.74. The Labute approximate surface area is 112 Å². The van der Waals surface area contributed by atoms with Crippen LogP contribution in [0.4, 0.5) is 0 Å². The van der Waals surface area contributed by atoms with Gasteiger partial charge in [-0.2, -0.15) is 0 Å². The minimum atomic E-state index is 0.0242. The van der Waals surface area contributed by atoms with Crippen molar-refractivity contribution in [2.75, 3.05) is 39.3 Å². The molecule has 0 spiro atoms. The van der Waals surface area contributed by atoms with Gasteiger partial charge >= 0.3 is 0 Å². The second-order valence-electron chi connectivity index (χ2n) is 5.35. The first-order valence-electron chi connectivity index (χ1n) is 7.33. The molecule has 1 saturated heterocycles. The Morgan fingerprint density at radius 1 is 1.28 bits per heavy atom. The van der Waals surface area contributed by atoms with E-state index in [0.717, 1.165) is 45.7 Å². The molecule has 18 heavy (non-hydrogen) atoms. The van der Waals surface area contributed by atoms with E-state index in [9.17, 15) is 4.79 Å². The zero-order valence-corrected chi connectivity index (χ0v) is 12.4. The number of amides is 1. The molecule has 1 N–H and O–H groups in total. The van der Waals surface area contributed by atoms with E-state index in [-0.39, 0.29) is 6.04 Å². The zero-order valence-electron chi connectivity index (χ0n) is 12.4. The molecule has 4 heteroatoms. The lowest BCUT2D eigenvalue weighted by atomic mass is 10.1. The molecule has 106 valence electrons. The number of nitrogens with zero attached hydrogens (tertiary/aromatic N) is 2. The van der Waals surface area contributed by atoms with Crippen molar-refractivity contribution in [2.24, 2.45) is 5.92 Å². The molecule has 1 heterocycles. The number of nitrogens with one attached hydrogen (secondary N) is 1. The SMILES string of the molecule is CCC(C)CN(CC)C(=O)C(C)N1CCNCC1. The van der Waals surface area contributed by atoms with E-state index in [1.807, 2.05) is 11.8 Å². The third-order valence-corrected chi connectivity index (χ3v) is 3.98. The smallest absolute Gasteiger partial charge is 0.239 e. The van der Waals surface area contributed by atoms with Crippen LogP contribution in [0.15, 0.2) is 0 Å². The van der Waals surface area contributed by atoms with Gasteiger partial charge in [-0.15, -0.1) is 0 Å². The molecular weight excluding hydrogens is 226 g/mol. The van der Waals surface area contributed by atoms with Gasteiger partial charge in [-0.3, -0.25) is 9.69 Å². The Balaban J connectivity index is 2.53. The summed E-state index contributed by atoms with van der Waals surface area (Å²) >= 11 is 0. The number of piperazine rings is 1. The van der Waals surface area contributed by atoms with E-state index in [2.05, 4.69) is 31.0 Å². The van der Waals surface area contributed by atoms with Crippen molar-refractivity contribution in [3.05, 3.63) is 0 Å². The van der Waals surface area contributed by atoms with Crippen LogP contribution >= 0.6 is 0 Å². The molecule has 0 aromatic rings. The van der Waals surface area contributed by atoms with Crippen LogP contribution in [0.3, 0.4) is 0 Å². The summed E-state index contributed by atoms with van der Waals surface area (Å²) in [5.74, 6) is 0.879. The van der Waals surface area contributed by atoms with Gasteiger partial charge in [0.15, 0.2) is 0 Å². The predicted molar refractivity (Wildman–Crippen MR) is 75.6 cm³/mol. The highest BCUT2D eigenvalue weighted by Gasteiger charge is 2.26. The van der Waals surface area contributed by atoms with Crippen LogP contribution in [-0.4, -0.2) is 61.0 Å². The van der Waals surface area contributed by atoms with Crippen LogP contribution in [-0.2, 0) is 4.79 Å². The van der Waals surface area contributed by atoms with Crippen LogP contribution in [0.2, 0.25) is 0 Å². The highest BCUT2D eigenvalue weighted by atomic mass is 16.2. The van der Waals surface area contributed by atoms with Crippen molar-refractivity contribution in [1.29, 1.82) is 0 Å². The molecule has 2 unspecified atom stereocenters. The van der Waals surface area contributed by atoms with Gasteiger partial charge in [0.1, 0.15) is 0 Å². The molecule has 1 aliphatic rings. The summed E-state index contributed by atoms with van der Waals surface area (Å²) in [6.45, 7) is 14.2. The van der Waals surface area contributed by atoms with Crippen LogP contribution in [0, 0.1) is 5.92 Å². The number of hydrogen-bond acceptors (Lipinski definition) is 3. The van der Waals surface area contributed by atoms with Crippen molar-refractivity contribution in [3.8, 4) is 0 Å². The zero-order chi connectivity index (χ0) is 13.5. The van der Waals surface area contributed by atoms with Gasteiger partial charge in [0.2, 0.25) is 5.91 Å². The lowest BCUT2D eigenvalue weighted by Gasteiger charge is -2.35. The molecular formula is C14H29N3O. The van der Waals surface area contributed by atoms with Gasteiger partial charge in [-0.25, -0.2) is 0 Å². The average Bonchev–Trinajstić information content (AvgIpc) is 2.43. The number of carbonyl (C=O) groups is 1. The van der Waals surface area contributed by atoms with Crippen molar-refractivity contribution >= 4 is 5.91 Å². The summed E-state index contributed by atoms with van der Waals surface area (Å²) in [4.78, 5) is 16.8. The van der Waals surface area contributed by atoms with Crippen molar-refractivity contribution in [3.63, 3.8) is 0 Å². The fourth-order valence-electron chi connectivity index (χ4n) is 2.37. The Hall–Kier alpha value is -0.610. The standard InChI is InChI=1S/C14H29N3O/c1-5-12(3)11-16(6-2)14(18)13(4)17-9-7-15-8-10-17/h12-13,15H,5-11H2,1-4H3. The first-order chi connectivity index (χ1) is 8.60. The second-order valence-corrected chi connectivity index (χ2v) is 5.35. The Kier molecular flexibility index (Phi) is 6.65. The molecule has 1 fully saturated rings. The van der Waals surface area contributed by atoms with E-state index in [4.69, 9.17) is 0 Å². The summed E-state index contributed by atoms with van der Waals surface area (Å²) in [5.41, 5.74) is 0. The van der Waals surface area contributed by atoms with Crippen LogP contribution in [0.25, 0.3) is 0 Å². The van der Waals surface area contributed by atoms with Gasteiger partial charge < -0.3 is 10.2 Å². The highest BCUT2D eigenvalue weighted by Crippen LogP contribution is 2.09. The average molecular weight is 255 g/mol. The maximum atomic E-state index is 12.5. The van der Waals surface area contributed by atoms with Crippen molar-refractivity contribution in [2.45, 2.75) is 40.2 Å². The molecule has 0 aromatic heterocycles. The Morgan fingerprint density at radius 2 is 1.89 bits per heavy atom. The molecule has 4 nitrogen and oxygen atoms in total. The quantitative estimate of drug-likeness (QED) is 0.774. The summed E-state index contributed by atoms with van der Waals surface area (Å²) in [6, 6.07) is 0.0242. The number of likely N-dealkylation sites (N-methyl/N-ethyl adjacent to an activating group) is 1. The molecule has 0 saturated carbocycles. The normalized spacial score (nSPS) is 20.4. The molecule has 1 aliphatic heterocycles. The van der Waals surface area contributed by atoms with Crippen molar-refractivity contribution < 1.29 is 4.79 Å². The predicted octanol–water partition coefficient (Wildman–Crippen LogP) is 1.17. The molecule has 1 rings (SSSR count). The fraction of sp³-hybridized carbons (Fsp3) is 0.929. The summed E-state index contributed by atoms with van der Waals surface area (Å²) in [5, 5.41) is 3.33. The van der Waals surface area contributed by atoms with E-state index >= 15 is 0 Å². The molecule has 0 aliphatic carbocycles. The van der Waals surface area contributed by atoms with Gasteiger partial charge in [0.05, 0.1) is 6.04 Å². The van der Waals surface area contributed by atoms with E-state index in [0.29, 0.717) is 11.8 Å². The number of hydrogen-bond donors (Lipinski definition) is 1. The summed E-state index contributed by atoms with van der Waals surface area (Å²) < 4.78 is 0. The Morgan fingerprint density at radius 3 is 2.39 bits per heavy atom. The molecule has 2 atom stereocenters. The number of rotatable bonds is 6. The lowest BCUT2D eigenvalue weighted by Crippen LogP contribution is -2.54. The highest BCUT2D eigenvalue weighted by molar-refractivity contribution is 5.81. The maximum Gasteiger partial charge on any atom is 0.239 e. The molecule has 0 radical (unpaired) electrons. The minimum absolute atomic E-state index is 0.0242. The summed E-state index contributed by atoms with van der Waals surface area (Å²) in [6.07, 6.45) is 1.13. The fourth-order valence-corrected chi connectivity index (χ4v) is 2.37. The first-order valence-corrected chi connectivity index (χ1v) is 7.33. The van der Waals surface area contributed by atoms with Gasteiger partial charge in [0, 0.05) is 39.3 Å². The largest absolute Gasteiger partial charge is 0.341 e. The van der Waals surface area contributed by atoms with E-state index in [1.165, 1.54) is 0 Å². The molecule has 0 aromatic carbocycles. The van der Waals surface area contributed by atoms with Gasteiger partial charge in [-0.1, -0.05) is 20.3 Å². The third kappa shape index (κ3) is 4.25. The molecule has 0 bridgehead atoms. The Bertz CT molecular complexity index is 247. The van der Waals surface area contributed by atoms with E-state index < -0.39 is 0 Å². The minimum Gasteiger partial charge on any atom is -0.341 e. The van der Waals surface area contributed by atoms with Crippen LogP contribution in [0.1, 0.15) is 34.1 Å². The molecule has 1 amide bonds. The summed E-state index contributed by atoms with van der Waals surface area (Å²) in [7, 11) is 0. The van der Waals surface area contributed by atoms with Crippen molar-refractivity contribution in [1.82, 2.24) is 15.1 Å². The van der Waals surface area contributed by atoms with E-state index in [1.54, 1.807) is 0 Å². The monoisotopic (exact) mass is 255 g/mol. The van der Waals surface area contributed by atoms with Crippen LogP contribution in [0.5, 0.6) is 0 Å². The maximum absolute atomic E-state index is 12.5. The third-order valence-electron chi connectivity index (χ3n) is 3.98. The first kappa shape index (κ1) is 15.4. The van der Waals surface area contributed by atoms with Gasteiger partial charge in [-0.05, 0) is 19.8 Å².